The molecule has 0 saturated heterocycles. The lowest BCUT2D eigenvalue weighted by Gasteiger charge is -2.28. The first kappa shape index (κ1) is 12.4. The van der Waals surface area contributed by atoms with Crippen LogP contribution < -0.4 is 4.48 Å². The van der Waals surface area contributed by atoms with Crippen molar-refractivity contribution < 1.29 is 5.21 Å². The van der Waals surface area contributed by atoms with E-state index in [2.05, 4.69) is 54.3 Å². The summed E-state index contributed by atoms with van der Waals surface area (Å²) >= 11 is 1.72. The second-order valence-corrected chi connectivity index (χ2v) is 6.10. The largest absolute Gasteiger partial charge is 0.411 e. The Balaban J connectivity index is 2.04. The van der Waals surface area contributed by atoms with Gasteiger partial charge in [-0.15, -0.1) is 11.3 Å². The molecule has 0 spiro atoms. The Morgan fingerprint density at radius 1 is 1.16 bits per heavy atom. The van der Waals surface area contributed by atoms with Crippen LogP contribution in [-0.4, -0.2) is 25.0 Å². The van der Waals surface area contributed by atoms with Gasteiger partial charge in [-0.05, 0) is 29.9 Å². The molecule has 1 aromatic carbocycles. The van der Waals surface area contributed by atoms with Crippen LogP contribution in [0.1, 0.15) is 17.5 Å². The summed E-state index contributed by atoms with van der Waals surface area (Å²) in [5.41, 5.74) is 5.74. The SMILES string of the molecule is C[N+](C)(c1ccsc1)c1ccc2c(c1)CCC2=NO. The van der Waals surface area contributed by atoms with E-state index in [0.717, 1.165) is 28.6 Å². The first-order valence-corrected chi connectivity index (χ1v) is 7.29. The third kappa shape index (κ3) is 1.97. The molecule has 0 bridgehead atoms. The van der Waals surface area contributed by atoms with Gasteiger partial charge in [0.15, 0.2) is 0 Å². The van der Waals surface area contributed by atoms with Gasteiger partial charge >= 0.3 is 0 Å². The number of rotatable bonds is 2. The molecular weight excluding hydrogens is 256 g/mol. The fraction of sp³-hybridized carbons (Fsp3) is 0.267. The Kier molecular flexibility index (Phi) is 2.92. The van der Waals surface area contributed by atoms with Crippen molar-refractivity contribution in [1.29, 1.82) is 0 Å². The standard InChI is InChI=1S/C15H16N2OS/c1-17(2,13-7-8-19-10-13)12-4-5-14-11(9-12)3-6-15(14)16-18/h4-5,7-10H,3,6H2,1-2H3/p+1. The van der Waals surface area contributed by atoms with Crippen molar-refractivity contribution in [3.05, 3.63) is 46.2 Å². The minimum Gasteiger partial charge on any atom is -0.411 e. The van der Waals surface area contributed by atoms with Crippen LogP contribution in [0.25, 0.3) is 0 Å². The van der Waals surface area contributed by atoms with Gasteiger partial charge in [0.1, 0.15) is 11.4 Å². The Morgan fingerprint density at radius 2 is 2.00 bits per heavy atom. The van der Waals surface area contributed by atoms with E-state index < -0.39 is 0 Å². The van der Waals surface area contributed by atoms with E-state index in [1.54, 1.807) is 11.3 Å². The third-order valence-corrected chi connectivity index (χ3v) is 4.62. The van der Waals surface area contributed by atoms with Crippen molar-refractivity contribution in [2.45, 2.75) is 12.8 Å². The zero-order chi connectivity index (χ0) is 13.5. The van der Waals surface area contributed by atoms with E-state index in [1.165, 1.54) is 16.9 Å². The van der Waals surface area contributed by atoms with Crippen molar-refractivity contribution in [2.24, 2.45) is 5.16 Å². The predicted molar refractivity (Wildman–Crippen MR) is 80.7 cm³/mol. The highest BCUT2D eigenvalue weighted by Gasteiger charge is 2.26. The van der Waals surface area contributed by atoms with Crippen molar-refractivity contribution in [3.8, 4) is 0 Å². The van der Waals surface area contributed by atoms with Crippen molar-refractivity contribution >= 4 is 28.4 Å². The molecule has 1 aliphatic rings. The lowest BCUT2D eigenvalue weighted by atomic mass is 10.1. The Morgan fingerprint density at radius 3 is 2.68 bits per heavy atom. The normalized spacial score (nSPS) is 16.8. The summed E-state index contributed by atoms with van der Waals surface area (Å²) in [5, 5.41) is 16.7. The summed E-state index contributed by atoms with van der Waals surface area (Å²) in [6.45, 7) is 0. The van der Waals surface area contributed by atoms with Crippen molar-refractivity contribution in [2.75, 3.05) is 14.1 Å². The van der Waals surface area contributed by atoms with E-state index in [1.807, 2.05) is 0 Å². The van der Waals surface area contributed by atoms with E-state index in [4.69, 9.17) is 5.21 Å². The summed E-state index contributed by atoms with van der Waals surface area (Å²) in [6.07, 6.45) is 1.80. The van der Waals surface area contributed by atoms with Crippen LogP contribution in [0, 0.1) is 0 Å². The highest BCUT2D eigenvalue weighted by Crippen LogP contribution is 2.35. The number of thiophene rings is 1. The number of hydrogen-bond acceptors (Lipinski definition) is 3. The number of fused-ring (bicyclic) bond motifs is 1. The first-order chi connectivity index (χ1) is 9.13. The van der Waals surface area contributed by atoms with Crippen LogP contribution in [0.2, 0.25) is 0 Å². The summed E-state index contributed by atoms with van der Waals surface area (Å²) in [6, 6.07) is 8.62. The third-order valence-electron chi connectivity index (χ3n) is 3.95. The first-order valence-electron chi connectivity index (χ1n) is 6.34. The molecule has 19 heavy (non-hydrogen) atoms. The van der Waals surface area contributed by atoms with Gasteiger partial charge in [-0.1, -0.05) is 5.16 Å². The fourth-order valence-corrected chi connectivity index (χ4v) is 3.41. The number of oxime groups is 1. The predicted octanol–water partition coefficient (Wildman–Crippen LogP) is 3.77. The van der Waals surface area contributed by atoms with Crippen LogP contribution in [0.4, 0.5) is 11.4 Å². The van der Waals surface area contributed by atoms with Crippen LogP contribution in [-0.2, 0) is 6.42 Å². The molecule has 1 heterocycles. The highest BCUT2D eigenvalue weighted by atomic mass is 32.1. The summed E-state index contributed by atoms with van der Waals surface area (Å²) < 4.78 is 0.738. The number of nitrogens with zero attached hydrogens (tertiary/aromatic N) is 2. The number of benzene rings is 1. The lowest BCUT2D eigenvalue weighted by molar-refractivity contribution is 0.318. The molecule has 2 aromatic rings. The van der Waals surface area contributed by atoms with Gasteiger partial charge in [0.2, 0.25) is 0 Å². The Labute approximate surface area is 117 Å². The smallest absolute Gasteiger partial charge is 0.148 e. The van der Waals surface area contributed by atoms with E-state index in [9.17, 15) is 0 Å². The molecule has 3 rings (SSSR count). The zero-order valence-electron chi connectivity index (χ0n) is 11.1. The molecule has 1 aliphatic carbocycles. The van der Waals surface area contributed by atoms with Crippen molar-refractivity contribution in [3.63, 3.8) is 0 Å². The Hall–Kier alpha value is -1.65. The Bertz CT molecular complexity index is 630. The molecular formula is C15H17N2OS+. The molecule has 0 aliphatic heterocycles. The summed E-state index contributed by atoms with van der Waals surface area (Å²) in [5.74, 6) is 0. The second kappa shape index (κ2) is 4.47. The van der Waals surface area contributed by atoms with Gasteiger partial charge in [-0.3, -0.25) is 4.48 Å². The molecule has 98 valence electrons. The average molecular weight is 273 g/mol. The molecule has 0 amide bonds. The molecule has 1 N–H and O–H groups in total. The summed E-state index contributed by atoms with van der Waals surface area (Å²) in [7, 11) is 4.39. The maximum atomic E-state index is 8.98. The van der Waals surface area contributed by atoms with Gasteiger partial charge in [-0.2, -0.15) is 0 Å². The lowest BCUT2D eigenvalue weighted by Crippen LogP contribution is -2.33. The van der Waals surface area contributed by atoms with Gasteiger partial charge in [0.25, 0.3) is 0 Å². The fourth-order valence-electron chi connectivity index (χ4n) is 2.63. The van der Waals surface area contributed by atoms with Gasteiger partial charge in [0, 0.05) is 23.8 Å². The van der Waals surface area contributed by atoms with E-state index in [0.29, 0.717) is 0 Å². The number of hydrogen-bond donors (Lipinski definition) is 1. The molecule has 1 aromatic heterocycles. The molecule has 0 radical (unpaired) electrons. The number of aryl methyl sites for hydroxylation is 1. The highest BCUT2D eigenvalue weighted by molar-refractivity contribution is 7.08. The average Bonchev–Trinajstić information content (AvgIpc) is 3.07. The second-order valence-electron chi connectivity index (χ2n) is 5.32. The van der Waals surface area contributed by atoms with Gasteiger partial charge in [0.05, 0.1) is 25.2 Å². The maximum absolute atomic E-state index is 8.98. The minimum absolute atomic E-state index is 0.738. The van der Waals surface area contributed by atoms with Crippen molar-refractivity contribution in [1.82, 2.24) is 4.48 Å². The topological polar surface area (TPSA) is 32.6 Å². The minimum atomic E-state index is 0.738. The quantitative estimate of drug-likeness (QED) is 0.504. The maximum Gasteiger partial charge on any atom is 0.148 e. The molecule has 3 nitrogen and oxygen atoms in total. The zero-order valence-corrected chi connectivity index (χ0v) is 11.9. The van der Waals surface area contributed by atoms with E-state index >= 15 is 0 Å². The van der Waals surface area contributed by atoms with Crippen LogP contribution in [0.3, 0.4) is 0 Å². The summed E-state index contributed by atoms with van der Waals surface area (Å²) in [4.78, 5) is 0. The van der Waals surface area contributed by atoms with Gasteiger partial charge in [-0.25, -0.2) is 0 Å². The molecule has 0 saturated carbocycles. The van der Waals surface area contributed by atoms with Crippen LogP contribution in [0.5, 0.6) is 0 Å². The molecule has 0 atom stereocenters. The van der Waals surface area contributed by atoms with Crippen LogP contribution >= 0.6 is 11.3 Å². The molecule has 0 fully saturated rings. The van der Waals surface area contributed by atoms with E-state index in [-0.39, 0.29) is 0 Å². The molecule has 0 unspecified atom stereocenters. The van der Waals surface area contributed by atoms with Crippen LogP contribution in [0.15, 0.2) is 40.2 Å². The van der Waals surface area contributed by atoms with Gasteiger partial charge < -0.3 is 5.21 Å². The monoisotopic (exact) mass is 273 g/mol. The molecule has 4 heteroatoms. The number of quaternary nitrogens is 1.